The lowest BCUT2D eigenvalue weighted by Crippen LogP contribution is -2.39. The zero-order valence-corrected chi connectivity index (χ0v) is 21.0. The standard InChI is InChI=1S/C26H33N5O2.ClH/c1-19(2)15-25(32)31-13-6-12-30(14-11-27-17-21-7-4-5-8-23(21)31)26(33)20-9-10-24-22(16-20)28-18-29(24)3;/h4-5,7-10,16,18-19,27H,6,11-15,17H2,1-3H3;1H. The molecule has 1 N–H and O–H groups in total. The second-order valence-electron chi connectivity index (χ2n) is 9.15. The Balaban J connectivity index is 0.00000324. The van der Waals surface area contributed by atoms with Crippen LogP contribution in [0.1, 0.15) is 42.6 Å². The Morgan fingerprint density at radius 3 is 2.68 bits per heavy atom. The van der Waals surface area contributed by atoms with E-state index in [9.17, 15) is 9.59 Å². The number of nitrogens with one attached hydrogen (secondary N) is 1. The number of amides is 2. The Labute approximate surface area is 207 Å². The number of aromatic nitrogens is 2. The largest absolute Gasteiger partial charge is 0.337 e. The molecular formula is C26H34ClN5O2. The number of carbonyl (C=O) groups excluding carboxylic acids is 2. The summed E-state index contributed by atoms with van der Waals surface area (Å²) >= 11 is 0. The summed E-state index contributed by atoms with van der Waals surface area (Å²) in [5.41, 5.74) is 4.54. The summed E-state index contributed by atoms with van der Waals surface area (Å²) in [6.07, 6.45) is 2.99. The highest BCUT2D eigenvalue weighted by atomic mass is 35.5. The molecule has 182 valence electrons. The SMILES string of the molecule is CC(C)CC(=O)N1CCCN(C(=O)c2ccc3c(c2)ncn3C)CCNCc2ccccc21.Cl. The molecule has 0 unspecified atom stereocenters. The molecule has 1 aliphatic heterocycles. The van der Waals surface area contributed by atoms with Crippen molar-refractivity contribution >= 4 is 40.9 Å². The van der Waals surface area contributed by atoms with Gasteiger partial charge in [0.05, 0.1) is 17.4 Å². The highest BCUT2D eigenvalue weighted by Crippen LogP contribution is 2.23. The van der Waals surface area contributed by atoms with Gasteiger partial charge in [0.25, 0.3) is 5.91 Å². The van der Waals surface area contributed by atoms with E-state index in [1.807, 2.05) is 57.8 Å². The number of halogens is 1. The molecular weight excluding hydrogens is 450 g/mol. The molecule has 4 rings (SSSR count). The fraction of sp³-hybridized carbons (Fsp3) is 0.423. The summed E-state index contributed by atoms with van der Waals surface area (Å²) < 4.78 is 1.95. The van der Waals surface area contributed by atoms with Crippen LogP contribution in [0.4, 0.5) is 5.69 Å². The van der Waals surface area contributed by atoms with Gasteiger partial charge < -0.3 is 19.7 Å². The lowest BCUT2D eigenvalue weighted by atomic mass is 10.1. The van der Waals surface area contributed by atoms with Crippen LogP contribution < -0.4 is 10.2 Å². The smallest absolute Gasteiger partial charge is 0.253 e. The molecule has 2 amide bonds. The van der Waals surface area contributed by atoms with E-state index in [0.717, 1.165) is 28.7 Å². The monoisotopic (exact) mass is 483 g/mol. The van der Waals surface area contributed by atoms with Gasteiger partial charge in [-0.1, -0.05) is 32.0 Å². The number of carbonyl (C=O) groups is 2. The second-order valence-corrected chi connectivity index (χ2v) is 9.15. The third-order valence-corrected chi connectivity index (χ3v) is 6.11. The van der Waals surface area contributed by atoms with Crippen LogP contribution in [0.25, 0.3) is 11.0 Å². The third kappa shape index (κ3) is 5.77. The summed E-state index contributed by atoms with van der Waals surface area (Å²) in [4.78, 5) is 34.6. The Bertz CT molecular complexity index is 1140. The first-order valence-corrected chi connectivity index (χ1v) is 11.7. The molecule has 0 spiro atoms. The highest BCUT2D eigenvalue weighted by molar-refractivity contribution is 5.97. The number of hydrogen-bond acceptors (Lipinski definition) is 4. The summed E-state index contributed by atoms with van der Waals surface area (Å²) in [6, 6.07) is 13.8. The fourth-order valence-electron chi connectivity index (χ4n) is 4.39. The number of anilines is 1. The molecule has 0 fully saturated rings. The molecule has 7 nitrogen and oxygen atoms in total. The van der Waals surface area contributed by atoms with Gasteiger partial charge in [-0.2, -0.15) is 0 Å². The average molecular weight is 484 g/mol. The van der Waals surface area contributed by atoms with E-state index in [-0.39, 0.29) is 24.2 Å². The average Bonchev–Trinajstić information content (AvgIpc) is 3.15. The third-order valence-electron chi connectivity index (χ3n) is 6.11. The van der Waals surface area contributed by atoms with E-state index < -0.39 is 0 Å². The summed E-state index contributed by atoms with van der Waals surface area (Å²) in [7, 11) is 1.95. The minimum atomic E-state index is 0. The number of imidazole rings is 1. The number of rotatable bonds is 3. The van der Waals surface area contributed by atoms with E-state index in [2.05, 4.69) is 30.2 Å². The molecule has 0 aliphatic carbocycles. The Kier molecular flexibility index (Phi) is 8.69. The van der Waals surface area contributed by atoms with Crippen LogP contribution in [0.5, 0.6) is 0 Å². The summed E-state index contributed by atoms with van der Waals surface area (Å²) in [5.74, 6) is 0.428. The molecule has 0 saturated carbocycles. The maximum Gasteiger partial charge on any atom is 0.253 e. The van der Waals surface area contributed by atoms with E-state index in [1.165, 1.54) is 0 Å². The summed E-state index contributed by atoms with van der Waals surface area (Å²) in [6.45, 7) is 7.27. The number of benzene rings is 2. The van der Waals surface area contributed by atoms with Crippen molar-refractivity contribution in [2.75, 3.05) is 31.1 Å². The number of aryl methyl sites for hydroxylation is 1. The van der Waals surface area contributed by atoms with Crippen LogP contribution in [0.15, 0.2) is 48.8 Å². The first-order chi connectivity index (χ1) is 15.9. The van der Waals surface area contributed by atoms with Gasteiger partial charge in [0.15, 0.2) is 0 Å². The molecule has 1 aliphatic rings. The molecule has 0 saturated heterocycles. The number of nitrogens with zero attached hydrogens (tertiary/aromatic N) is 4. The number of hydrogen-bond donors (Lipinski definition) is 1. The van der Waals surface area contributed by atoms with Crippen LogP contribution in [0.3, 0.4) is 0 Å². The Hall–Kier alpha value is -2.90. The van der Waals surface area contributed by atoms with E-state index in [0.29, 0.717) is 50.6 Å². The van der Waals surface area contributed by atoms with Crippen LogP contribution in [-0.2, 0) is 18.4 Å². The van der Waals surface area contributed by atoms with Crippen LogP contribution in [-0.4, -0.2) is 52.4 Å². The van der Waals surface area contributed by atoms with Gasteiger partial charge in [0.2, 0.25) is 5.91 Å². The topological polar surface area (TPSA) is 70.5 Å². The van der Waals surface area contributed by atoms with Crippen molar-refractivity contribution in [1.29, 1.82) is 0 Å². The predicted molar refractivity (Wildman–Crippen MR) is 138 cm³/mol. The molecule has 34 heavy (non-hydrogen) atoms. The first-order valence-electron chi connectivity index (χ1n) is 11.7. The Morgan fingerprint density at radius 1 is 1.09 bits per heavy atom. The van der Waals surface area contributed by atoms with Crippen LogP contribution in [0.2, 0.25) is 0 Å². The molecule has 1 aromatic heterocycles. The van der Waals surface area contributed by atoms with Gasteiger partial charge in [0.1, 0.15) is 0 Å². The lowest BCUT2D eigenvalue weighted by Gasteiger charge is -2.27. The van der Waals surface area contributed by atoms with E-state index in [1.54, 1.807) is 6.33 Å². The fourth-order valence-corrected chi connectivity index (χ4v) is 4.39. The number of para-hydroxylation sites is 1. The van der Waals surface area contributed by atoms with Crippen molar-refractivity contribution in [3.05, 3.63) is 59.9 Å². The van der Waals surface area contributed by atoms with E-state index >= 15 is 0 Å². The van der Waals surface area contributed by atoms with Crippen molar-refractivity contribution in [1.82, 2.24) is 19.8 Å². The van der Waals surface area contributed by atoms with Crippen LogP contribution in [0, 0.1) is 5.92 Å². The molecule has 0 radical (unpaired) electrons. The Morgan fingerprint density at radius 2 is 1.88 bits per heavy atom. The van der Waals surface area contributed by atoms with Gasteiger partial charge in [-0.05, 0) is 42.2 Å². The molecule has 0 atom stereocenters. The lowest BCUT2D eigenvalue weighted by molar-refractivity contribution is -0.119. The predicted octanol–water partition coefficient (Wildman–Crippen LogP) is 4.01. The van der Waals surface area contributed by atoms with Gasteiger partial charge in [-0.25, -0.2) is 4.98 Å². The summed E-state index contributed by atoms with van der Waals surface area (Å²) in [5, 5.41) is 3.46. The van der Waals surface area contributed by atoms with Crippen molar-refractivity contribution in [2.45, 2.75) is 33.2 Å². The molecule has 3 aromatic rings. The highest BCUT2D eigenvalue weighted by Gasteiger charge is 2.22. The maximum absolute atomic E-state index is 13.4. The van der Waals surface area contributed by atoms with Crippen molar-refractivity contribution in [3.63, 3.8) is 0 Å². The minimum absolute atomic E-state index is 0. The zero-order valence-electron chi connectivity index (χ0n) is 20.2. The molecule has 2 heterocycles. The van der Waals surface area contributed by atoms with Crippen molar-refractivity contribution in [3.8, 4) is 0 Å². The number of fused-ring (bicyclic) bond motifs is 2. The maximum atomic E-state index is 13.4. The van der Waals surface area contributed by atoms with Gasteiger partial charge in [-0.15, -0.1) is 12.4 Å². The minimum Gasteiger partial charge on any atom is -0.337 e. The first kappa shape index (κ1) is 25.7. The van der Waals surface area contributed by atoms with Crippen molar-refractivity contribution in [2.24, 2.45) is 13.0 Å². The van der Waals surface area contributed by atoms with Gasteiger partial charge in [0, 0.05) is 57.4 Å². The molecule has 0 bridgehead atoms. The molecule has 8 heteroatoms. The zero-order chi connectivity index (χ0) is 23.4. The molecule has 2 aromatic carbocycles. The van der Waals surface area contributed by atoms with Crippen LogP contribution >= 0.6 is 12.4 Å². The van der Waals surface area contributed by atoms with E-state index in [4.69, 9.17) is 0 Å². The van der Waals surface area contributed by atoms with Crippen molar-refractivity contribution < 1.29 is 9.59 Å². The normalized spacial score (nSPS) is 14.9. The second kappa shape index (κ2) is 11.5. The van der Waals surface area contributed by atoms with Gasteiger partial charge in [-0.3, -0.25) is 9.59 Å². The van der Waals surface area contributed by atoms with Gasteiger partial charge >= 0.3 is 0 Å². The quantitative estimate of drug-likeness (QED) is 0.611.